The van der Waals surface area contributed by atoms with Gasteiger partial charge in [0.25, 0.3) is 0 Å². The zero-order valence-corrected chi connectivity index (χ0v) is 10.9. The van der Waals surface area contributed by atoms with Crippen molar-refractivity contribution in [1.82, 2.24) is 5.32 Å². The van der Waals surface area contributed by atoms with E-state index in [-0.39, 0.29) is 0 Å². The second-order valence-corrected chi connectivity index (χ2v) is 5.57. The maximum Gasteiger partial charge on any atom is 0.0731 e. The van der Waals surface area contributed by atoms with Gasteiger partial charge in [0.2, 0.25) is 0 Å². The van der Waals surface area contributed by atoms with E-state index in [0.29, 0.717) is 12.1 Å². The zero-order chi connectivity index (χ0) is 11.4. The lowest BCUT2D eigenvalue weighted by Crippen LogP contribution is -2.45. The van der Waals surface area contributed by atoms with Crippen LogP contribution in [0.1, 0.15) is 51.9 Å². The molecular weight excluding hydrogens is 198 g/mol. The Morgan fingerprint density at radius 3 is 2.75 bits per heavy atom. The van der Waals surface area contributed by atoms with E-state index in [1.807, 2.05) is 0 Å². The summed E-state index contributed by atoms with van der Waals surface area (Å²) in [6.07, 6.45) is 10.1. The number of hydrogen-bond donors (Lipinski definition) is 1. The molecule has 2 nitrogen and oxygen atoms in total. The van der Waals surface area contributed by atoms with Crippen LogP contribution in [0.4, 0.5) is 0 Å². The molecule has 0 aromatic rings. The number of hydrogen-bond acceptors (Lipinski definition) is 2. The Labute approximate surface area is 100 Å². The monoisotopic (exact) mass is 225 g/mol. The molecule has 1 N–H and O–H groups in total. The minimum Gasteiger partial charge on any atom is -0.377 e. The average Bonchev–Trinajstić information content (AvgIpc) is 2.84. The van der Waals surface area contributed by atoms with Gasteiger partial charge in [-0.05, 0) is 44.6 Å². The minimum atomic E-state index is 0.491. The van der Waals surface area contributed by atoms with E-state index in [1.54, 1.807) is 0 Å². The molecule has 0 radical (unpaired) electrons. The first kappa shape index (κ1) is 12.4. The molecule has 0 aromatic heterocycles. The van der Waals surface area contributed by atoms with Crippen LogP contribution < -0.4 is 5.32 Å². The summed E-state index contributed by atoms with van der Waals surface area (Å²) in [5.74, 6) is 1.82. The summed E-state index contributed by atoms with van der Waals surface area (Å²) in [6, 6.07) is 0.608. The van der Waals surface area contributed by atoms with Gasteiger partial charge in [0, 0.05) is 12.6 Å². The van der Waals surface area contributed by atoms with Crippen LogP contribution >= 0.6 is 0 Å². The normalized spacial score (nSPS) is 37.5. The van der Waals surface area contributed by atoms with E-state index in [9.17, 15) is 0 Å². The molecule has 1 saturated heterocycles. The molecule has 1 aliphatic carbocycles. The van der Waals surface area contributed by atoms with Crippen LogP contribution in [-0.4, -0.2) is 25.8 Å². The highest BCUT2D eigenvalue weighted by Crippen LogP contribution is 2.35. The van der Waals surface area contributed by atoms with Crippen molar-refractivity contribution in [2.45, 2.75) is 64.0 Å². The van der Waals surface area contributed by atoms with Gasteiger partial charge in [0.1, 0.15) is 0 Å². The molecule has 1 saturated carbocycles. The molecule has 4 atom stereocenters. The lowest BCUT2D eigenvalue weighted by atomic mass is 9.75. The summed E-state index contributed by atoms with van der Waals surface area (Å²) in [4.78, 5) is 0. The van der Waals surface area contributed by atoms with Crippen molar-refractivity contribution >= 4 is 0 Å². The largest absolute Gasteiger partial charge is 0.377 e. The second-order valence-electron chi connectivity index (χ2n) is 5.57. The third-order valence-corrected chi connectivity index (χ3v) is 4.61. The number of ether oxygens (including phenoxy) is 1. The lowest BCUT2D eigenvalue weighted by molar-refractivity contribution is 0.0461. The molecule has 2 aliphatic rings. The van der Waals surface area contributed by atoms with Crippen molar-refractivity contribution < 1.29 is 4.74 Å². The van der Waals surface area contributed by atoms with E-state index in [2.05, 4.69) is 19.3 Å². The van der Waals surface area contributed by atoms with Crippen molar-refractivity contribution in [3.8, 4) is 0 Å². The van der Waals surface area contributed by atoms with Gasteiger partial charge in [0.15, 0.2) is 0 Å². The van der Waals surface area contributed by atoms with E-state index in [4.69, 9.17) is 4.74 Å². The van der Waals surface area contributed by atoms with Gasteiger partial charge in [-0.1, -0.05) is 26.2 Å². The molecule has 4 unspecified atom stereocenters. The summed E-state index contributed by atoms with van der Waals surface area (Å²) in [6.45, 7) is 3.32. The van der Waals surface area contributed by atoms with E-state index < -0.39 is 0 Å². The summed E-state index contributed by atoms with van der Waals surface area (Å²) in [5.41, 5.74) is 0. The Morgan fingerprint density at radius 1 is 1.25 bits per heavy atom. The third kappa shape index (κ3) is 2.78. The van der Waals surface area contributed by atoms with Gasteiger partial charge in [-0.25, -0.2) is 0 Å². The van der Waals surface area contributed by atoms with Crippen molar-refractivity contribution in [3.63, 3.8) is 0 Å². The molecule has 0 aromatic carbocycles. The number of likely N-dealkylation sites (N-methyl/N-ethyl adjacent to an activating group) is 1. The van der Waals surface area contributed by atoms with Crippen LogP contribution in [-0.2, 0) is 4.74 Å². The van der Waals surface area contributed by atoms with Gasteiger partial charge in [-0.15, -0.1) is 0 Å². The van der Waals surface area contributed by atoms with Gasteiger partial charge in [0.05, 0.1) is 6.10 Å². The first-order valence-electron chi connectivity index (χ1n) is 7.14. The Bertz CT molecular complexity index is 201. The van der Waals surface area contributed by atoms with Gasteiger partial charge < -0.3 is 10.1 Å². The highest BCUT2D eigenvalue weighted by atomic mass is 16.5. The molecule has 1 aliphatic heterocycles. The van der Waals surface area contributed by atoms with E-state index >= 15 is 0 Å². The average molecular weight is 225 g/mol. The van der Waals surface area contributed by atoms with Crippen LogP contribution in [0.25, 0.3) is 0 Å². The molecule has 2 fully saturated rings. The lowest BCUT2D eigenvalue weighted by Gasteiger charge is -2.36. The molecule has 16 heavy (non-hydrogen) atoms. The second kappa shape index (κ2) is 6.02. The number of nitrogens with one attached hydrogen (secondary N) is 1. The van der Waals surface area contributed by atoms with Gasteiger partial charge >= 0.3 is 0 Å². The van der Waals surface area contributed by atoms with Crippen LogP contribution in [0.2, 0.25) is 0 Å². The van der Waals surface area contributed by atoms with E-state index in [0.717, 1.165) is 18.4 Å². The zero-order valence-electron chi connectivity index (χ0n) is 10.9. The fourth-order valence-corrected chi connectivity index (χ4v) is 3.64. The van der Waals surface area contributed by atoms with Crippen LogP contribution in [0, 0.1) is 11.8 Å². The van der Waals surface area contributed by atoms with E-state index in [1.165, 1.54) is 44.9 Å². The molecule has 2 heteroatoms. The molecular formula is C14H27NO. The Hall–Kier alpha value is -0.0800. The summed E-state index contributed by atoms with van der Waals surface area (Å²) < 4.78 is 5.87. The van der Waals surface area contributed by atoms with Crippen molar-refractivity contribution in [2.24, 2.45) is 11.8 Å². The van der Waals surface area contributed by atoms with Crippen molar-refractivity contribution in [3.05, 3.63) is 0 Å². The van der Waals surface area contributed by atoms with Crippen LogP contribution in [0.15, 0.2) is 0 Å². The van der Waals surface area contributed by atoms with Crippen LogP contribution in [0.5, 0.6) is 0 Å². The van der Waals surface area contributed by atoms with Crippen molar-refractivity contribution in [2.75, 3.05) is 13.7 Å². The summed E-state index contributed by atoms with van der Waals surface area (Å²) in [7, 11) is 2.11. The predicted octanol–water partition coefficient (Wildman–Crippen LogP) is 2.97. The number of rotatable bonds is 4. The SMILES string of the molecule is CCC1CCCC(C(NC)C2CCCO2)C1. The summed E-state index contributed by atoms with van der Waals surface area (Å²) in [5, 5.41) is 3.53. The highest BCUT2D eigenvalue weighted by molar-refractivity contribution is 4.88. The van der Waals surface area contributed by atoms with Gasteiger partial charge in [-0.3, -0.25) is 0 Å². The summed E-state index contributed by atoms with van der Waals surface area (Å²) >= 11 is 0. The van der Waals surface area contributed by atoms with Crippen LogP contribution in [0.3, 0.4) is 0 Å². The standard InChI is InChI=1S/C14H27NO/c1-3-11-6-4-7-12(10-11)14(15-2)13-8-5-9-16-13/h11-15H,3-10H2,1-2H3. The fourth-order valence-electron chi connectivity index (χ4n) is 3.64. The maximum atomic E-state index is 5.87. The molecule has 0 bridgehead atoms. The first-order chi connectivity index (χ1) is 7.85. The fraction of sp³-hybridized carbons (Fsp3) is 1.00. The quantitative estimate of drug-likeness (QED) is 0.794. The minimum absolute atomic E-state index is 0.491. The van der Waals surface area contributed by atoms with Gasteiger partial charge in [-0.2, -0.15) is 0 Å². The molecule has 1 heterocycles. The highest BCUT2D eigenvalue weighted by Gasteiger charge is 2.33. The Morgan fingerprint density at radius 2 is 2.12 bits per heavy atom. The molecule has 94 valence electrons. The smallest absolute Gasteiger partial charge is 0.0731 e. The molecule has 0 amide bonds. The van der Waals surface area contributed by atoms with Crippen molar-refractivity contribution in [1.29, 1.82) is 0 Å². The topological polar surface area (TPSA) is 21.3 Å². The maximum absolute atomic E-state index is 5.87. The Kier molecular flexibility index (Phi) is 4.66. The molecule has 2 rings (SSSR count). The third-order valence-electron chi connectivity index (χ3n) is 4.61. The molecule has 0 spiro atoms. The Balaban J connectivity index is 1.91. The first-order valence-corrected chi connectivity index (χ1v) is 7.14. The predicted molar refractivity (Wildman–Crippen MR) is 67.6 cm³/mol.